The fraction of sp³-hybridized carbons (Fsp3) is 0.250. The van der Waals surface area contributed by atoms with E-state index in [1.807, 2.05) is 0 Å². The molecule has 2 aliphatic heterocycles. The molecule has 0 spiro atoms. The Morgan fingerprint density at radius 3 is 2.85 bits per heavy atom. The van der Waals surface area contributed by atoms with Gasteiger partial charge in [0.25, 0.3) is 5.84 Å². The number of urea groups is 1. The van der Waals surface area contributed by atoms with Gasteiger partial charge in [-0.1, -0.05) is 0 Å². The minimum Gasteiger partial charge on any atom is -0.250 e. The zero-order chi connectivity index (χ0) is 9.59. The molecule has 0 aliphatic carbocycles. The highest BCUT2D eigenvalue weighted by molar-refractivity contribution is 6.29. The molecule has 2 rings (SSSR count). The van der Waals surface area contributed by atoms with E-state index in [-0.39, 0.29) is 11.9 Å². The normalized spacial score (nSPS) is 21.1. The molecule has 0 atom stereocenters. The summed E-state index contributed by atoms with van der Waals surface area (Å²) in [6.45, 7) is 0. The van der Waals surface area contributed by atoms with E-state index >= 15 is 0 Å². The average Bonchev–Trinajstić information content (AvgIpc) is 2.59. The van der Waals surface area contributed by atoms with Crippen LogP contribution in [-0.2, 0) is 4.79 Å². The quantitative estimate of drug-likeness (QED) is 0.475. The highest BCUT2D eigenvalue weighted by atomic mass is 16.2. The van der Waals surface area contributed by atoms with E-state index in [0.29, 0.717) is 11.4 Å². The van der Waals surface area contributed by atoms with Crippen LogP contribution in [0.2, 0.25) is 0 Å². The van der Waals surface area contributed by atoms with Crippen molar-refractivity contribution in [1.82, 2.24) is 4.90 Å². The molecule has 66 valence electrons. The Balaban J connectivity index is 2.63. The maximum absolute atomic E-state index is 11.5. The number of hydrogen-bond acceptors (Lipinski definition) is 3. The van der Waals surface area contributed by atoms with Crippen molar-refractivity contribution >= 4 is 24.0 Å². The van der Waals surface area contributed by atoms with E-state index in [4.69, 9.17) is 0 Å². The zero-order valence-corrected chi connectivity index (χ0v) is 7.31. The van der Waals surface area contributed by atoms with Crippen LogP contribution in [0.3, 0.4) is 0 Å². The molecule has 0 aromatic rings. The van der Waals surface area contributed by atoms with E-state index in [0.717, 1.165) is 4.90 Å². The van der Waals surface area contributed by atoms with Crippen LogP contribution in [-0.4, -0.2) is 47.6 Å². The number of carbonyl (C=O) groups is 2. The second kappa shape index (κ2) is 2.35. The van der Waals surface area contributed by atoms with Crippen LogP contribution in [0.1, 0.15) is 0 Å². The minimum absolute atomic E-state index is 0.296. The number of amides is 3. The maximum Gasteiger partial charge on any atom is 0.445 e. The van der Waals surface area contributed by atoms with Gasteiger partial charge >= 0.3 is 11.9 Å². The van der Waals surface area contributed by atoms with Gasteiger partial charge in [0.05, 0.1) is 14.1 Å². The molecule has 2 heterocycles. The van der Waals surface area contributed by atoms with Crippen LogP contribution in [0.4, 0.5) is 4.79 Å². The third-order valence-electron chi connectivity index (χ3n) is 2.11. The standard InChI is InChI=1S/C8H8N3O2/c1-10-6-5(3-4-9-6)7(12)11(2)8(10)13/h3-4H,1-2H3/q+1. The van der Waals surface area contributed by atoms with Crippen molar-refractivity contribution in [2.24, 2.45) is 4.99 Å². The number of aliphatic imine (C=N–C) groups is 1. The molecule has 0 saturated heterocycles. The third-order valence-corrected chi connectivity index (χ3v) is 2.11. The van der Waals surface area contributed by atoms with E-state index in [2.05, 4.69) is 4.99 Å². The fourth-order valence-corrected chi connectivity index (χ4v) is 1.34. The van der Waals surface area contributed by atoms with Crippen LogP contribution in [0.15, 0.2) is 16.6 Å². The summed E-state index contributed by atoms with van der Waals surface area (Å²) in [5, 5.41) is 0. The van der Waals surface area contributed by atoms with E-state index in [1.165, 1.54) is 17.8 Å². The summed E-state index contributed by atoms with van der Waals surface area (Å²) in [6.07, 6.45) is 3.13. The van der Waals surface area contributed by atoms with Gasteiger partial charge in [0.15, 0.2) is 0 Å². The Morgan fingerprint density at radius 2 is 2.15 bits per heavy atom. The molecule has 0 saturated carbocycles. The molecule has 3 amide bonds. The van der Waals surface area contributed by atoms with Crippen LogP contribution in [0, 0.1) is 0 Å². The predicted molar refractivity (Wildman–Crippen MR) is 45.9 cm³/mol. The van der Waals surface area contributed by atoms with E-state index in [9.17, 15) is 9.59 Å². The lowest BCUT2D eigenvalue weighted by atomic mass is 10.2. The van der Waals surface area contributed by atoms with Gasteiger partial charge < -0.3 is 0 Å². The van der Waals surface area contributed by atoms with Crippen molar-refractivity contribution in [3.8, 4) is 0 Å². The second-order valence-corrected chi connectivity index (χ2v) is 2.89. The molecule has 0 radical (unpaired) electrons. The molecule has 0 aromatic heterocycles. The Labute approximate surface area is 74.7 Å². The molecule has 0 aromatic carbocycles. The molecule has 0 unspecified atom stereocenters. The number of fused-ring (bicyclic) bond motifs is 1. The highest BCUT2D eigenvalue weighted by Gasteiger charge is 2.40. The second-order valence-electron chi connectivity index (χ2n) is 2.89. The van der Waals surface area contributed by atoms with Crippen molar-refractivity contribution < 1.29 is 14.2 Å². The highest BCUT2D eigenvalue weighted by Crippen LogP contribution is 2.14. The van der Waals surface area contributed by atoms with Gasteiger partial charge in [0.1, 0.15) is 11.8 Å². The Hall–Kier alpha value is -1.78. The molecule has 2 aliphatic rings. The summed E-state index contributed by atoms with van der Waals surface area (Å²) < 4.78 is 1.36. The first-order chi connectivity index (χ1) is 6.13. The summed E-state index contributed by atoms with van der Waals surface area (Å²) >= 11 is 0. The van der Waals surface area contributed by atoms with Gasteiger partial charge in [-0.3, -0.25) is 0 Å². The molecular formula is C8H8N3O2+. The molecule has 5 nitrogen and oxygen atoms in total. The largest absolute Gasteiger partial charge is 0.445 e. The van der Waals surface area contributed by atoms with Gasteiger partial charge in [0, 0.05) is 0 Å². The van der Waals surface area contributed by atoms with Crippen LogP contribution < -0.4 is 0 Å². The Morgan fingerprint density at radius 1 is 1.46 bits per heavy atom. The van der Waals surface area contributed by atoms with Crippen molar-refractivity contribution in [1.29, 1.82) is 0 Å². The smallest absolute Gasteiger partial charge is 0.250 e. The summed E-state index contributed by atoms with van der Waals surface area (Å²) in [4.78, 5) is 27.9. The number of carbonyl (C=O) groups excluding carboxylic acids is 2. The lowest BCUT2D eigenvalue weighted by molar-refractivity contribution is -0.403. The third kappa shape index (κ3) is 0.867. The van der Waals surface area contributed by atoms with Gasteiger partial charge in [-0.15, -0.1) is 4.99 Å². The molecular weight excluding hydrogens is 170 g/mol. The first kappa shape index (κ1) is 7.85. The maximum atomic E-state index is 11.5. The Bertz CT molecular complexity index is 404. The first-order valence-electron chi connectivity index (χ1n) is 3.80. The van der Waals surface area contributed by atoms with E-state index in [1.54, 1.807) is 13.1 Å². The van der Waals surface area contributed by atoms with Gasteiger partial charge in [-0.25, -0.2) is 9.59 Å². The number of hydrogen-bond donors (Lipinski definition) is 0. The van der Waals surface area contributed by atoms with Gasteiger partial charge in [0.2, 0.25) is 0 Å². The monoisotopic (exact) mass is 178 g/mol. The van der Waals surface area contributed by atoms with E-state index < -0.39 is 0 Å². The van der Waals surface area contributed by atoms with Gasteiger partial charge in [-0.05, 0) is 6.08 Å². The number of imide groups is 1. The van der Waals surface area contributed by atoms with Crippen LogP contribution in [0.25, 0.3) is 0 Å². The molecule has 0 bridgehead atoms. The first-order valence-corrected chi connectivity index (χ1v) is 3.80. The fourth-order valence-electron chi connectivity index (χ4n) is 1.34. The molecule has 0 N–H and O–H groups in total. The number of likely N-dealkylation sites (N-methyl/N-ethyl adjacent to an activating group) is 1. The predicted octanol–water partition coefficient (Wildman–Crippen LogP) is -0.370. The van der Waals surface area contributed by atoms with Crippen molar-refractivity contribution in [2.75, 3.05) is 14.1 Å². The average molecular weight is 178 g/mol. The SMILES string of the molecule is CN1C(=O)C2=CC=NC2=[N+](C)C1=O. The summed E-state index contributed by atoms with van der Waals surface area (Å²) in [6, 6.07) is -0.351. The van der Waals surface area contributed by atoms with Crippen LogP contribution >= 0.6 is 0 Å². The van der Waals surface area contributed by atoms with Crippen molar-refractivity contribution in [3.63, 3.8) is 0 Å². The molecule has 13 heavy (non-hydrogen) atoms. The summed E-state index contributed by atoms with van der Waals surface area (Å²) in [5.74, 6) is 0.142. The number of amidine groups is 1. The number of allylic oxidation sites excluding steroid dienone is 1. The molecule has 5 heteroatoms. The molecule has 0 fully saturated rings. The lowest BCUT2D eigenvalue weighted by Crippen LogP contribution is -2.46. The zero-order valence-electron chi connectivity index (χ0n) is 7.31. The summed E-state index contributed by atoms with van der Waals surface area (Å²) in [7, 11) is 3.05. The number of nitrogens with zero attached hydrogens (tertiary/aromatic N) is 3. The number of rotatable bonds is 0. The van der Waals surface area contributed by atoms with Crippen molar-refractivity contribution in [3.05, 3.63) is 11.6 Å². The summed E-state index contributed by atoms with van der Waals surface area (Å²) in [5.41, 5.74) is 0.476. The lowest BCUT2D eigenvalue weighted by Gasteiger charge is -2.16. The Kier molecular flexibility index (Phi) is 1.42. The minimum atomic E-state index is -0.351. The van der Waals surface area contributed by atoms with Gasteiger partial charge in [-0.2, -0.15) is 9.48 Å². The van der Waals surface area contributed by atoms with Crippen molar-refractivity contribution in [2.45, 2.75) is 0 Å². The topological polar surface area (TPSA) is 52.8 Å². The van der Waals surface area contributed by atoms with Crippen LogP contribution in [0.5, 0.6) is 0 Å².